The first kappa shape index (κ1) is 60.1. The summed E-state index contributed by atoms with van der Waals surface area (Å²) in [5.74, 6) is -5.39. The number of nitrogens with zero attached hydrogens (tertiary/aromatic N) is 3. The quantitative estimate of drug-likeness (QED) is 0.0134. The number of carbonyl (C=O) groups excluding carboxylic acids is 8. The van der Waals surface area contributed by atoms with Crippen LogP contribution in [-0.4, -0.2) is 165 Å². The fourth-order valence-electron chi connectivity index (χ4n) is 9.26. The van der Waals surface area contributed by atoms with Crippen LogP contribution >= 0.6 is 0 Å². The maximum absolute atomic E-state index is 15.3. The third kappa shape index (κ3) is 14.2. The number of aromatic nitrogens is 2. The van der Waals surface area contributed by atoms with Gasteiger partial charge in [0.1, 0.15) is 24.9 Å². The van der Waals surface area contributed by atoms with Gasteiger partial charge in [-0.25, -0.2) is 9.37 Å². The van der Waals surface area contributed by atoms with Crippen molar-refractivity contribution in [1.29, 1.82) is 0 Å². The van der Waals surface area contributed by atoms with Gasteiger partial charge in [-0.05, 0) is 74.3 Å². The number of hydrogen-bond acceptors (Lipinski definition) is 15. The van der Waals surface area contributed by atoms with Crippen LogP contribution in [0.5, 0.6) is 0 Å². The molecule has 3 unspecified atom stereocenters. The Morgan fingerprint density at radius 3 is 2.25 bits per heavy atom. The summed E-state index contributed by atoms with van der Waals surface area (Å²) in [7, 11) is 1.52. The number of hydrogen-bond donors (Lipinski definition) is 8. The van der Waals surface area contributed by atoms with Crippen LogP contribution in [-0.2, 0) is 72.2 Å². The molecular weight excluding hydrogens is 1190 g/mol. The fourth-order valence-corrected chi connectivity index (χ4v) is 9.26. The van der Waals surface area contributed by atoms with Gasteiger partial charge < -0.3 is 61.2 Å². The number of carboxylic acid groups (broad SMARTS) is 1. The maximum atomic E-state index is 15.3. The Hall–Kier alpha value is -6.78. The second-order valence-corrected chi connectivity index (χ2v) is 18.1. The van der Waals surface area contributed by atoms with Gasteiger partial charge in [0.15, 0.2) is 0 Å². The fraction of sp³-hybridized carbons (Fsp3) is 0.471. The molecule has 3 atom stereocenters. The zero-order valence-corrected chi connectivity index (χ0v) is 47.0. The minimum atomic E-state index is -1.25. The van der Waals surface area contributed by atoms with E-state index >= 15 is 4.39 Å². The van der Waals surface area contributed by atoms with Crippen LogP contribution in [0.15, 0.2) is 41.4 Å². The number of imide groups is 1. The van der Waals surface area contributed by atoms with Gasteiger partial charge >= 0.3 is 36.2 Å². The van der Waals surface area contributed by atoms with Crippen LogP contribution < -0.4 is 42.8 Å². The molecule has 3 aromatic rings. The molecule has 2 aliphatic heterocycles. The van der Waals surface area contributed by atoms with Gasteiger partial charge in [0, 0.05) is 72.0 Å². The Balaban J connectivity index is 0.000000358. The third-order valence-electron chi connectivity index (χ3n) is 13.3. The molecule has 3 radical (unpaired) electrons. The van der Waals surface area contributed by atoms with Gasteiger partial charge in [-0.3, -0.25) is 48.1 Å². The van der Waals surface area contributed by atoms with Gasteiger partial charge in [-0.2, -0.15) is 0 Å². The second-order valence-electron chi connectivity index (χ2n) is 18.1. The number of benzene rings is 1. The number of ether oxygens (including phenoxy) is 2. The molecule has 0 spiro atoms. The van der Waals surface area contributed by atoms with E-state index in [-0.39, 0.29) is 68.9 Å². The number of aldehydes is 1. The molecule has 0 saturated heterocycles. The van der Waals surface area contributed by atoms with Crippen molar-refractivity contribution in [3.05, 3.63) is 86.1 Å². The minimum absolute atomic E-state index is 0.0560. The second kappa shape index (κ2) is 27.8. The summed E-state index contributed by atoms with van der Waals surface area (Å²) in [6, 6.07) is 1.89. The molecular formula is C51H64FN10O13Pb. The van der Waals surface area contributed by atoms with Crippen molar-refractivity contribution in [3.8, 4) is 11.4 Å². The van der Waals surface area contributed by atoms with Gasteiger partial charge in [-0.15, -0.1) is 0 Å². The summed E-state index contributed by atoms with van der Waals surface area (Å²) in [5, 5.41) is 27.7. The molecule has 1 aromatic carbocycles. The van der Waals surface area contributed by atoms with E-state index in [1.807, 2.05) is 13.0 Å². The van der Waals surface area contributed by atoms with Crippen molar-refractivity contribution in [2.75, 3.05) is 59.7 Å². The molecule has 1 fully saturated rings. The summed E-state index contributed by atoms with van der Waals surface area (Å²) in [6.07, 6.45) is 6.78. The molecule has 407 valence electrons. The van der Waals surface area contributed by atoms with E-state index in [2.05, 4.69) is 48.3 Å². The number of aliphatic carboxylic acids is 1. The number of nitrogens with one attached hydrogen (secondary N) is 7. The van der Waals surface area contributed by atoms with Crippen molar-refractivity contribution < 1.29 is 62.1 Å². The van der Waals surface area contributed by atoms with E-state index < -0.39 is 59.9 Å². The summed E-state index contributed by atoms with van der Waals surface area (Å²) in [6.45, 7) is 9.35. The Morgan fingerprint density at radius 2 is 1.63 bits per heavy atom. The Labute approximate surface area is 453 Å². The predicted octanol–water partition coefficient (Wildman–Crippen LogP) is -0.0556. The normalized spacial score (nSPS) is 15.8. The van der Waals surface area contributed by atoms with E-state index in [4.69, 9.17) is 19.6 Å². The molecule has 25 heteroatoms. The average Bonchev–Trinajstić information content (AvgIpc) is 4.01. The topological polar surface area (TPSA) is 315 Å². The number of pyridine rings is 2. The molecule has 7 amide bonds. The molecule has 2 aliphatic carbocycles. The molecule has 23 nitrogen and oxygen atoms in total. The van der Waals surface area contributed by atoms with Crippen molar-refractivity contribution in [2.45, 2.75) is 88.5 Å². The monoisotopic (exact) mass is 1250 g/mol. The number of rotatable bonds is 26. The summed E-state index contributed by atoms with van der Waals surface area (Å²) in [4.78, 5) is 123. The Morgan fingerprint density at radius 1 is 0.961 bits per heavy atom. The van der Waals surface area contributed by atoms with Crippen molar-refractivity contribution >= 4 is 90.8 Å². The first-order chi connectivity index (χ1) is 36.4. The average molecular weight is 1250 g/mol. The zero-order valence-electron chi connectivity index (χ0n) is 43.1. The Kier molecular flexibility index (Phi) is 22.0. The summed E-state index contributed by atoms with van der Waals surface area (Å²) < 4.78 is 30.4. The van der Waals surface area contributed by atoms with Crippen molar-refractivity contribution in [1.82, 2.24) is 51.7 Å². The van der Waals surface area contributed by atoms with Gasteiger partial charge in [0.05, 0.1) is 68.9 Å². The van der Waals surface area contributed by atoms with Crippen LogP contribution in [0.3, 0.4) is 0 Å². The van der Waals surface area contributed by atoms with Crippen molar-refractivity contribution in [2.24, 2.45) is 5.41 Å². The zero-order chi connectivity index (χ0) is 55.9. The van der Waals surface area contributed by atoms with Crippen molar-refractivity contribution in [3.63, 3.8) is 0 Å². The van der Waals surface area contributed by atoms with Crippen LogP contribution in [0.4, 0.5) is 4.39 Å². The van der Waals surface area contributed by atoms with E-state index in [0.717, 1.165) is 59.1 Å². The number of halogens is 1. The summed E-state index contributed by atoms with van der Waals surface area (Å²) >= 11 is 1.31. The number of amides is 7. The molecule has 4 heterocycles. The molecule has 7 rings (SSSR count). The number of likely N-dealkylation sites (N-methyl/N-ethyl adjacent to an activating group) is 1. The van der Waals surface area contributed by atoms with Crippen LogP contribution in [0.1, 0.15) is 84.9 Å². The van der Waals surface area contributed by atoms with E-state index in [0.29, 0.717) is 77.3 Å². The Bertz CT molecular complexity index is 2830. The van der Waals surface area contributed by atoms with E-state index in [9.17, 15) is 47.9 Å². The molecule has 1 saturated carbocycles. The first-order valence-corrected chi connectivity index (χ1v) is 28.4. The number of carbonyl (C=O) groups is 9. The standard InChI is InChI=1S/C37H43FN6O7.C13H18N4O6.CH3.Pb/c1-5-22(15-45)24-10-30-35-25(14-44(30)36(49)26(24)16-50-4)34-28(7-6-23-20(2)27(38)11-29(43-35)33(23)34)42-21(3)37(8-9-37)17-51-19-41-32(48)13-40-31(47)12-39-18-46;1-2-15-9(18)6-16-13(23)8(5-14-7-12(21)22)17-10(19)3-4-11(17)20;;/h10-11,15,18,22,28,42H,3,5-9,12-14,16-17,19H2,1-2,4H3,(H,39,46)(H,40,47)(H,41,48);3-4,8,14H,2,5-7H2,1H3,(H,15,18)(H,16,23)(H,21,22);1H3;. The molecule has 8 N–H and O–H groups in total. The predicted molar refractivity (Wildman–Crippen MR) is 275 cm³/mol. The number of methoxy groups -OCH3 is 1. The molecule has 0 bridgehead atoms. The van der Waals surface area contributed by atoms with E-state index in [1.165, 1.54) is 38.9 Å². The van der Waals surface area contributed by atoms with Gasteiger partial charge in [0.2, 0.25) is 30.0 Å². The number of aryl methyl sites for hydroxylation is 1. The third-order valence-corrected chi connectivity index (χ3v) is 13.3. The van der Waals surface area contributed by atoms with Crippen LogP contribution in [0.25, 0.3) is 22.3 Å². The number of fused-ring (bicyclic) bond motifs is 4. The molecule has 2 aromatic heterocycles. The number of carboxylic acids is 1. The SMILES string of the molecule is C=C(NC1CCc2c(C)c(F)cc3nc4c(c1c23)Cn1c-4cc(C(C=O)CC)c(COC)c1=O)C1(COCNC(=O)CNC(=O)CNC=O)CC1.CCNC(=O)CNC(=O)C(CNCC(=O)O)N1C(=O)C=CC1=O.[CH3][Pb]. The van der Waals surface area contributed by atoms with E-state index in [1.54, 1.807) is 18.4 Å². The van der Waals surface area contributed by atoms with Crippen LogP contribution in [0, 0.1) is 18.2 Å². The summed E-state index contributed by atoms with van der Waals surface area (Å²) in [5.41, 5.74) is 6.35. The van der Waals surface area contributed by atoms with Crippen LogP contribution in [0.2, 0.25) is 4.48 Å². The molecule has 76 heavy (non-hydrogen) atoms. The molecule has 4 aliphatic rings. The van der Waals surface area contributed by atoms with Gasteiger partial charge in [0.25, 0.3) is 17.4 Å². The first-order valence-electron chi connectivity index (χ1n) is 24.6. The van der Waals surface area contributed by atoms with Gasteiger partial charge in [-0.1, -0.05) is 13.5 Å².